The van der Waals surface area contributed by atoms with E-state index in [0.717, 1.165) is 6.67 Å². The first-order valence-electron chi connectivity index (χ1n) is 6.48. The number of hydrogen-bond acceptors (Lipinski definition) is 3. The van der Waals surface area contributed by atoms with Crippen molar-refractivity contribution in [2.45, 2.75) is 39.2 Å². The Labute approximate surface area is 97.6 Å². The van der Waals surface area contributed by atoms with Crippen molar-refractivity contribution in [3.8, 4) is 0 Å². The average Bonchev–Trinajstić information content (AvgIpc) is 2.26. The molecule has 0 radical (unpaired) electrons. The predicted molar refractivity (Wildman–Crippen MR) is 72.0 cm³/mol. The third-order valence-electron chi connectivity index (χ3n) is 2.58. The van der Waals surface area contributed by atoms with Crippen LogP contribution in [0.3, 0.4) is 0 Å². The van der Waals surface area contributed by atoms with Gasteiger partial charge < -0.3 is 11.1 Å². The molecule has 3 N–H and O–H groups in total. The first kappa shape index (κ1) is 15.1. The quantitative estimate of drug-likeness (QED) is 0.310. The molecular weight excluding hydrogens is 202 g/mol. The lowest BCUT2D eigenvalue weighted by Gasteiger charge is -2.18. The molecule has 0 fully saturated rings. The minimum Gasteiger partial charge on any atom is -0.318 e. The molecule has 92 valence electrons. The van der Waals surface area contributed by atoms with Gasteiger partial charge in [-0.2, -0.15) is 0 Å². The molecule has 0 saturated carbocycles. The molecule has 0 aromatic rings. The summed E-state index contributed by atoms with van der Waals surface area (Å²) in [5.41, 5.74) is 5.67. The summed E-state index contributed by atoms with van der Waals surface area (Å²) in [5.74, 6) is 0. The summed E-state index contributed by atoms with van der Waals surface area (Å²) in [6.45, 7) is 8.78. The Morgan fingerprint density at radius 1 is 1.20 bits per heavy atom. The van der Waals surface area contributed by atoms with Gasteiger partial charge in [-0.3, -0.25) is 4.90 Å². The highest BCUT2D eigenvalue weighted by molar-refractivity contribution is 6.35. The Bertz CT molecular complexity index is 122. The van der Waals surface area contributed by atoms with E-state index in [2.05, 4.69) is 24.1 Å². The molecule has 0 heterocycles. The van der Waals surface area contributed by atoms with Crippen LogP contribution in [0, 0.1) is 0 Å². The molecule has 3 nitrogen and oxygen atoms in total. The van der Waals surface area contributed by atoms with E-state index in [0.29, 0.717) is 0 Å². The Morgan fingerprint density at radius 3 is 2.60 bits per heavy atom. The van der Waals surface area contributed by atoms with E-state index in [1.54, 1.807) is 0 Å². The third-order valence-corrected chi connectivity index (χ3v) is 4.39. The van der Waals surface area contributed by atoms with Gasteiger partial charge in [-0.25, -0.2) is 0 Å². The Kier molecular flexibility index (Phi) is 12.2. The Hall–Kier alpha value is 0.0969. The monoisotopic (exact) mass is 231 g/mol. The summed E-state index contributed by atoms with van der Waals surface area (Å²) < 4.78 is 0. The molecule has 0 aromatic carbocycles. The molecule has 0 spiro atoms. The second kappa shape index (κ2) is 12.2. The molecule has 0 aromatic heterocycles. The van der Waals surface area contributed by atoms with Crippen LogP contribution < -0.4 is 11.1 Å². The Balaban J connectivity index is 3.14. The molecule has 0 unspecified atom stereocenters. The van der Waals surface area contributed by atoms with Crippen molar-refractivity contribution in [1.29, 1.82) is 0 Å². The van der Waals surface area contributed by atoms with E-state index in [-0.39, 0.29) is 9.52 Å². The van der Waals surface area contributed by atoms with Gasteiger partial charge in [-0.05, 0) is 44.7 Å². The molecule has 0 saturated heterocycles. The van der Waals surface area contributed by atoms with Crippen LogP contribution in [0.15, 0.2) is 0 Å². The lowest BCUT2D eigenvalue weighted by atomic mass is 10.3. The van der Waals surface area contributed by atoms with Crippen LogP contribution in [0.5, 0.6) is 0 Å². The summed E-state index contributed by atoms with van der Waals surface area (Å²) in [5, 5.41) is 3.50. The van der Waals surface area contributed by atoms with Gasteiger partial charge in [0, 0.05) is 16.2 Å². The van der Waals surface area contributed by atoms with Gasteiger partial charge in [-0.1, -0.05) is 20.3 Å². The standard InChI is InChI=1S/C11H29N3Si/c1-3-5-6-13-7-9-15-11-14(10-12)8-4-2/h13H,3-12,15H2,1-2H3. The maximum absolute atomic E-state index is 5.67. The van der Waals surface area contributed by atoms with Crippen molar-refractivity contribution in [1.82, 2.24) is 10.2 Å². The van der Waals surface area contributed by atoms with Crippen molar-refractivity contribution in [2.24, 2.45) is 5.73 Å². The highest BCUT2D eigenvalue weighted by Crippen LogP contribution is 1.89. The second-order valence-electron chi connectivity index (χ2n) is 4.11. The normalized spacial score (nSPS) is 12.0. The fourth-order valence-corrected chi connectivity index (χ4v) is 3.20. The van der Waals surface area contributed by atoms with Gasteiger partial charge >= 0.3 is 0 Å². The van der Waals surface area contributed by atoms with Crippen LogP contribution in [0.25, 0.3) is 0 Å². The van der Waals surface area contributed by atoms with Gasteiger partial charge in [-0.15, -0.1) is 0 Å². The van der Waals surface area contributed by atoms with E-state index < -0.39 is 0 Å². The second-order valence-corrected chi connectivity index (χ2v) is 5.97. The van der Waals surface area contributed by atoms with E-state index in [9.17, 15) is 0 Å². The molecule has 0 rings (SSSR count). The largest absolute Gasteiger partial charge is 0.318 e. The summed E-state index contributed by atoms with van der Waals surface area (Å²) in [4.78, 5) is 2.39. The zero-order valence-electron chi connectivity index (χ0n) is 10.6. The minimum absolute atomic E-state index is 0.0817. The lowest BCUT2D eigenvalue weighted by molar-refractivity contribution is 0.326. The summed E-state index contributed by atoms with van der Waals surface area (Å²) in [7, 11) is 0.0817. The topological polar surface area (TPSA) is 41.3 Å². The number of nitrogens with two attached hydrogens (primary N) is 1. The number of unbranched alkanes of at least 4 members (excludes halogenated alkanes) is 1. The van der Waals surface area contributed by atoms with Crippen molar-refractivity contribution >= 4 is 9.52 Å². The summed E-state index contributed by atoms with van der Waals surface area (Å²) in [6.07, 6.45) is 5.12. The van der Waals surface area contributed by atoms with Gasteiger partial charge in [0.15, 0.2) is 0 Å². The van der Waals surface area contributed by atoms with Crippen molar-refractivity contribution in [3.63, 3.8) is 0 Å². The van der Waals surface area contributed by atoms with Crippen molar-refractivity contribution in [3.05, 3.63) is 0 Å². The number of rotatable bonds is 11. The average molecular weight is 231 g/mol. The van der Waals surface area contributed by atoms with Crippen molar-refractivity contribution < 1.29 is 0 Å². The molecule has 0 aliphatic rings. The zero-order valence-corrected chi connectivity index (χ0v) is 12.0. The van der Waals surface area contributed by atoms with E-state index in [4.69, 9.17) is 5.73 Å². The van der Waals surface area contributed by atoms with Gasteiger partial charge in [0.1, 0.15) is 0 Å². The van der Waals surface area contributed by atoms with Crippen LogP contribution in [0.4, 0.5) is 0 Å². The third kappa shape index (κ3) is 10.4. The Morgan fingerprint density at radius 2 is 2.00 bits per heavy atom. The molecule has 0 amide bonds. The van der Waals surface area contributed by atoms with Crippen LogP contribution in [0.2, 0.25) is 6.04 Å². The molecular formula is C11H29N3Si. The zero-order chi connectivity index (χ0) is 11.4. The lowest BCUT2D eigenvalue weighted by Crippen LogP contribution is -2.34. The number of nitrogens with one attached hydrogen (secondary N) is 1. The molecule has 0 aliphatic heterocycles. The number of hydrogen-bond donors (Lipinski definition) is 2. The first-order valence-corrected chi connectivity index (χ1v) is 8.48. The molecule has 0 aliphatic carbocycles. The van der Waals surface area contributed by atoms with E-state index >= 15 is 0 Å². The molecule has 4 heteroatoms. The van der Waals surface area contributed by atoms with Crippen LogP contribution >= 0.6 is 0 Å². The van der Waals surface area contributed by atoms with E-state index in [1.165, 1.54) is 51.1 Å². The van der Waals surface area contributed by atoms with Gasteiger partial charge in [0.05, 0.1) is 0 Å². The smallest absolute Gasteiger partial charge is 0.0451 e. The predicted octanol–water partition coefficient (Wildman–Crippen LogP) is 0.549. The van der Waals surface area contributed by atoms with Gasteiger partial charge in [0.2, 0.25) is 0 Å². The number of nitrogens with zero attached hydrogens (tertiary/aromatic N) is 1. The molecule has 0 bridgehead atoms. The van der Waals surface area contributed by atoms with E-state index in [1.807, 2.05) is 0 Å². The van der Waals surface area contributed by atoms with Gasteiger partial charge in [0.25, 0.3) is 0 Å². The van der Waals surface area contributed by atoms with Crippen LogP contribution in [-0.4, -0.2) is 46.9 Å². The molecule has 15 heavy (non-hydrogen) atoms. The van der Waals surface area contributed by atoms with Crippen LogP contribution in [0.1, 0.15) is 33.1 Å². The highest BCUT2D eigenvalue weighted by Gasteiger charge is 1.99. The maximum Gasteiger partial charge on any atom is 0.0451 e. The fourth-order valence-electron chi connectivity index (χ4n) is 1.62. The van der Waals surface area contributed by atoms with Crippen LogP contribution in [-0.2, 0) is 0 Å². The summed E-state index contributed by atoms with van der Waals surface area (Å²) >= 11 is 0. The fraction of sp³-hybridized carbons (Fsp3) is 1.00. The SMILES string of the molecule is CCCCNCC[SiH2]CN(CN)CCC. The first-order chi connectivity index (χ1) is 7.35. The maximum atomic E-state index is 5.67. The summed E-state index contributed by atoms with van der Waals surface area (Å²) in [6, 6.07) is 1.41. The molecule has 0 atom stereocenters. The minimum atomic E-state index is 0.0817. The van der Waals surface area contributed by atoms with Crippen molar-refractivity contribution in [2.75, 3.05) is 32.5 Å². The highest BCUT2D eigenvalue weighted by atomic mass is 28.2.